The summed E-state index contributed by atoms with van der Waals surface area (Å²) >= 11 is 3.58. The molecule has 0 spiro atoms. The number of esters is 1. The number of hydrogen-bond donors (Lipinski definition) is 0. The maximum Gasteiger partial charge on any atom is 0.410 e. The zero-order valence-corrected chi connectivity index (χ0v) is 19.4. The molecule has 3 atom stereocenters. The summed E-state index contributed by atoms with van der Waals surface area (Å²) in [5.41, 5.74) is 3.45. The van der Waals surface area contributed by atoms with Crippen molar-refractivity contribution in [1.29, 1.82) is 0 Å². The molecule has 0 radical (unpaired) electrons. The molecule has 1 saturated heterocycles. The van der Waals surface area contributed by atoms with Crippen LogP contribution in [-0.4, -0.2) is 49.2 Å². The number of carbonyl (C=O) groups is 2. The van der Waals surface area contributed by atoms with Crippen LogP contribution < -0.4 is 4.90 Å². The van der Waals surface area contributed by atoms with Gasteiger partial charge < -0.3 is 19.3 Å². The Hall–Kier alpha value is -2.54. The summed E-state index contributed by atoms with van der Waals surface area (Å²) in [6.07, 6.45) is 0.771. The second-order valence-corrected chi connectivity index (χ2v) is 9.25. The quantitative estimate of drug-likeness (QED) is 0.572. The molecule has 0 aliphatic carbocycles. The summed E-state index contributed by atoms with van der Waals surface area (Å²) in [4.78, 5) is 28.5. The van der Waals surface area contributed by atoms with Crippen molar-refractivity contribution in [2.45, 2.75) is 44.4 Å². The maximum absolute atomic E-state index is 12.9. The number of likely N-dealkylation sites (N-methyl/N-ethyl adjacent to an activating group) is 1. The maximum atomic E-state index is 12.9. The fourth-order valence-corrected chi connectivity index (χ4v) is 5.08. The van der Waals surface area contributed by atoms with Crippen LogP contribution in [0, 0.1) is 0 Å². The minimum absolute atomic E-state index is 0.0454. The number of likely N-dealkylation sites (tertiary alicyclic amines) is 1. The SMILES string of the molecule is CC(=O)OC1CC(CC2CN(C)c3ccc(Br)cc32)N(C(=O)OCc2ccccc2)C1. The lowest BCUT2D eigenvalue weighted by molar-refractivity contribution is -0.145. The molecule has 2 aromatic carbocycles. The standard InChI is InChI=1S/C24H27BrN2O4/c1-16(28)31-21-12-20(10-18-13-26(2)23-9-8-19(25)11-22(18)23)27(14-21)24(29)30-15-17-6-4-3-5-7-17/h3-9,11,18,20-21H,10,12-15H2,1-2H3. The molecule has 2 heterocycles. The normalized spacial score (nSPS) is 22.4. The van der Waals surface area contributed by atoms with E-state index in [1.165, 1.54) is 18.2 Å². The number of fused-ring (bicyclic) bond motifs is 1. The first-order valence-electron chi connectivity index (χ1n) is 10.6. The third kappa shape index (κ3) is 5.03. The predicted molar refractivity (Wildman–Crippen MR) is 122 cm³/mol. The summed E-state index contributed by atoms with van der Waals surface area (Å²) < 4.78 is 12.1. The van der Waals surface area contributed by atoms with Gasteiger partial charge in [0.2, 0.25) is 0 Å². The van der Waals surface area contributed by atoms with Crippen molar-refractivity contribution in [2.75, 3.05) is 25.0 Å². The number of nitrogens with zero attached hydrogens (tertiary/aromatic N) is 2. The van der Waals surface area contributed by atoms with Gasteiger partial charge >= 0.3 is 12.1 Å². The Morgan fingerprint density at radius 2 is 1.90 bits per heavy atom. The van der Waals surface area contributed by atoms with Gasteiger partial charge in [-0.15, -0.1) is 0 Å². The minimum Gasteiger partial charge on any atom is -0.461 e. The van der Waals surface area contributed by atoms with Crippen molar-refractivity contribution in [3.8, 4) is 0 Å². The fraction of sp³-hybridized carbons (Fsp3) is 0.417. The summed E-state index contributed by atoms with van der Waals surface area (Å²) in [6.45, 7) is 2.90. The highest BCUT2D eigenvalue weighted by Gasteiger charge is 2.40. The van der Waals surface area contributed by atoms with Gasteiger partial charge in [-0.3, -0.25) is 4.79 Å². The van der Waals surface area contributed by atoms with Crippen LogP contribution in [-0.2, 0) is 20.9 Å². The summed E-state index contributed by atoms with van der Waals surface area (Å²) in [6, 6.07) is 15.9. The number of carbonyl (C=O) groups excluding carboxylic acids is 2. The van der Waals surface area contributed by atoms with E-state index in [0.29, 0.717) is 18.9 Å². The molecule has 6 nitrogen and oxygen atoms in total. The van der Waals surface area contributed by atoms with Gasteiger partial charge in [0.25, 0.3) is 0 Å². The zero-order chi connectivity index (χ0) is 22.0. The first kappa shape index (κ1) is 21.7. The molecule has 2 aliphatic rings. The minimum atomic E-state index is -0.357. The second-order valence-electron chi connectivity index (χ2n) is 8.33. The van der Waals surface area contributed by atoms with Crippen molar-refractivity contribution >= 4 is 33.7 Å². The van der Waals surface area contributed by atoms with Crippen molar-refractivity contribution < 1.29 is 19.1 Å². The Morgan fingerprint density at radius 3 is 2.65 bits per heavy atom. The highest BCUT2D eigenvalue weighted by molar-refractivity contribution is 9.10. The van der Waals surface area contributed by atoms with E-state index in [1.807, 2.05) is 30.3 Å². The number of halogens is 1. The number of amides is 1. The fourth-order valence-electron chi connectivity index (χ4n) is 4.70. The highest BCUT2D eigenvalue weighted by atomic mass is 79.9. The Kier molecular flexibility index (Phi) is 6.51. The van der Waals surface area contributed by atoms with Gasteiger partial charge in [0.1, 0.15) is 12.7 Å². The molecule has 164 valence electrons. The van der Waals surface area contributed by atoms with Gasteiger partial charge in [0, 0.05) is 49.1 Å². The molecular weight excluding hydrogens is 460 g/mol. The molecule has 0 N–H and O–H groups in total. The van der Waals surface area contributed by atoms with Crippen molar-refractivity contribution in [3.63, 3.8) is 0 Å². The van der Waals surface area contributed by atoms with Gasteiger partial charge in [-0.1, -0.05) is 46.3 Å². The average molecular weight is 487 g/mol. The molecule has 1 fully saturated rings. The largest absolute Gasteiger partial charge is 0.461 e. The number of ether oxygens (including phenoxy) is 2. The molecule has 1 amide bonds. The molecule has 2 aliphatic heterocycles. The van der Waals surface area contributed by atoms with E-state index in [2.05, 4.69) is 46.1 Å². The highest BCUT2D eigenvalue weighted by Crippen LogP contribution is 2.41. The van der Waals surface area contributed by atoms with Crippen LogP contribution in [0.5, 0.6) is 0 Å². The molecule has 7 heteroatoms. The number of benzene rings is 2. The lowest BCUT2D eigenvalue weighted by atomic mass is 9.92. The van der Waals surface area contributed by atoms with Crippen LogP contribution in [0.4, 0.5) is 10.5 Å². The monoisotopic (exact) mass is 486 g/mol. The first-order valence-corrected chi connectivity index (χ1v) is 11.3. The van der Waals surface area contributed by atoms with Crippen LogP contribution >= 0.6 is 15.9 Å². The van der Waals surface area contributed by atoms with E-state index in [9.17, 15) is 9.59 Å². The summed E-state index contributed by atoms with van der Waals surface area (Å²) in [5.74, 6) is -0.0267. The van der Waals surface area contributed by atoms with Crippen LogP contribution in [0.1, 0.15) is 36.8 Å². The number of hydrogen-bond acceptors (Lipinski definition) is 5. The van der Waals surface area contributed by atoms with Crippen molar-refractivity contribution in [3.05, 3.63) is 64.1 Å². The Bertz CT molecular complexity index is 952. The van der Waals surface area contributed by atoms with Gasteiger partial charge in [-0.2, -0.15) is 0 Å². The van der Waals surface area contributed by atoms with Crippen LogP contribution in [0.25, 0.3) is 0 Å². The predicted octanol–water partition coefficient (Wildman–Crippen LogP) is 4.72. The molecular formula is C24H27BrN2O4. The topological polar surface area (TPSA) is 59.1 Å². The molecule has 0 saturated carbocycles. The van der Waals surface area contributed by atoms with Crippen LogP contribution in [0.15, 0.2) is 53.0 Å². The smallest absolute Gasteiger partial charge is 0.410 e. The molecule has 2 aromatic rings. The van der Waals surface area contributed by atoms with E-state index in [4.69, 9.17) is 9.47 Å². The summed E-state index contributed by atoms with van der Waals surface area (Å²) in [5, 5.41) is 0. The lowest BCUT2D eigenvalue weighted by Gasteiger charge is -2.26. The first-order chi connectivity index (χ1) is 14.9. The Balaban J connectivity index is 1.48. The van der Waals surface area contributed by atoms with Crippen LogP contribution in [0.3, 0.4) is 0 Å². The molecule has 3 unspecified atom stereocenters. The van der Waals surface area contributed by atoms with E-state index in [-0.39, 0.29) is 30.8 Å². The van der Waals surface area contributed by atoms with Gasteiger partial charge in [0.15, 0.2) is 0 Å². The van der Waals surface area contributed by atoms with E-state index in [1.54, 1.807) is 4.90 Å². The average Bonchev–Trinajstić information content (AvgIpc) is 3.27. The third-order valence-corrected chi connectivity index (χ3v) is 6.53. The third-order valence-electron chi connectivity index (χ3n) is 6.04. The summed E-state index contributed by atoms with van der Waals surface area (Å²) in [7, 11) is 2.09. The molecule has 0 bridgehead atoms. The van der Waals surface area contributed by atoms with Gasteiger partial charge in [0.05, 0.1) is 6.54 Å². The molecule has 0 aromatic heterocycles. The van der Waals surface area contributed by atoms with E-state index >= 15 is 0 Å². The van der Waals surface area contributed by atoms with E-state index < -0.39 is 0 Å². The molecule has 4 rings (SSSR count). The Labute approximate surface area is 191 Å². The van der Waals surface area contributed by atoms with Crippen molar-refractivity contribution in [2.24, 2.45) is 0 Å². The van der Waals surface area contributed by atoms with Crippen molar-refractivity contribution in [1.82, 2.24) is 4.90 Å². The van der Waals surface area contributed by atoms with Gasteiger partial charge in [-0.25, -0.2) is 4.79 Å². The lowest BCUT2D eigenvalue weighted by Crippen LogP contribution is -2.37. The number of anilines is 1. The molecule has 31 heavy (non-hydrogen) atoms. The second kappa shape index (κ2) is 9.30. The Morgan fingerprint density at radius 1 is 1.13 bits per heavy atom. The van der Waals surface area contributed by atoms with Gasteiger partial charge in [-0.05, 0) is 35.7 Å². The zero-order valence-electron chi connectivity index (χ0n) is 17.8. The number of rotatable bonds is 5. The van der Waals surface area contributed by atoms with Crippen LogP contribution in [0.2, 0.25) is 0 Å². The van der Waals surface area contributed by atoms with E-state index in [0.717, 1.165) is 23.0 Å².